The molecule has 124 valence electrons. The number of fused-ring (bicyclic) bond motifs is 1. The van der Waals surface area contributed by atoms with Crippen molar-refractivity contribution in [1.82, 2.24) is 15.2 Å². The molecule has 8 heteroatoms. The summed E-state index contributed by atoms with van der Waals surface area (Å²) in [6, 6.07) is 11.2. The van der Waals surface area contributed by atoms with Gasteiger partial charge in [0.15, 0.2) is 11.5 Å². The summed E-state index contributed by atoms with van der Waals surface area (Å²) in [7, 11) is 0. The number of carboxylic acids is 1. The number of hydrogen-bond acceptors (Lipinski definition) is 5. The zero-order valence-electron chi connectivity index (χ0n) is 12.7. The largest absolute Gasteiger partial charge is 0.476 e. The van der Waals surface area contributed by atoms with E-state index in [1.165, 1.54) is 11.3 Å². The van der Waals surface area contributed by atoms with Crippen molar-refractivity contribution in [2.45, 2.75) is 0 Å². The van der Waals surface area contributed by atoms with Gasteiger partial charge in [-0.3, -0.25) is 0 Å². The van der Waals surface area contributed by atoms with E-state index in [1.54, 1.807) is 24.5 Å². The topological polar surface area (TPSA) is 90.9 Å². The molecule has 3 aromatic heterocycles. The summed E-state index contributed by atoms with van der Waals surface area (Å²) < 4.78 is 0.575. The number of H-pyrrole nitrogens is 1. The van der Waals surface area contributed by atoms with E-state index >= 15 is 0 Å². The van der Waals surface area contributed by atoms with Crippen molar-refractivity contribution in [3.8, 4) is 10.4 Å². The fraction of sp³-hybridized carbons (Fsp3) is 0. The van der Waals surface area contributed by atoms with Crippen molar-refractivity contribution in [2.24, 2.45) is 0 Å². The standard InChI is InChI=1S/C17H11ClN4O2S/c18-10-3-1-9(2-4-10)13-7-12-15(25-13)14(17(23)24)21-22-16(12)20-11-5-6-19-8-11/h1-8,19H,(H,20,22)(H,23,24). The molecule has 0 saturated carbocycles. The summed E-state index contributed by atoms with van der Waals surface area (Å²) >= 11 is 7.31. The molecule has 0 aliphatic heterocycles. The van der Waals surface area contributed by atoms with Gasteiger partial charge in [0, 0.05) is 27.7 Å². The molecule has 0 aliphatic rings. The molecule has 4 aromatic rings. The molecule has 0 aliphatic carbocycles. The van der Waals surface area contributed by atoms with E-state index < -0.39 is 5.97 Å². The van der Waals surface area contributed by atoms with E-state index in [4.69, 9.17) is 11.6 Å². The van der Waals surface area contributed by atoms with Crippen LogP contribution in [0.25, 0.3) is 20.5 Å². The van der Waals surface area contributed by atoms with Gasteiger partial charge in [-0.1, -0.05) is 23.7 Å². The first-order chi connectivity index (χ1) is 12.1. The van der Waals surface area contributed by atoms with Gasteiger partial charge in [-0.2, -0.15) is 0 Å². The molecule has 0 bridgehead atoms. The van der Waals surface area contributed by atoms with Gasteiger partial charge in [-0.25, -0.2) is 4.79 Å². The van der Waals surface area contributed by atoms with E-state index in [2.05, 4.69) is 20.5 Å². The van der Waals surface area contributed by atoms with Crippen molar-refractivity contribution in [3.05, 3.63) is 59.5 Å². The molecule has 0 saturated heterocycles. The van der Waals surface area contributed by atoms with E-state index in [1.807, 2.05) is 24.3 Å². The van der Waals surface area contributed by atoms with Crippen LogP contribution in [-0.2, 0) is 0 Å². The molecule has 25 heavy (non-hydrogen) atoms. The molecule has 0 amide bonds. The average Bonchev–Trinajstić information content (AvgIpc) is 3.25. The second-order valence-electron chi connectivity index (χ2n) is 5.29. The van der Waals surface area contributed by atoms with Crippen LogP contribution in [-0.4, -0.2) is 26.3 Å². The minimum atomic E-state index is -1.10. The Bertz CT molecular complexity index is 1060. The number of nitrogens with zero attached hydrogens (tertiary/aromatic N) is 2. The molecule has 6 nitrogen and oxygen atoms in total. The molecule has 0 fully saturated rings. The number of halogens is 1. The van der Waals surface area contributed by atoms with Gasteiger partial charge in [0.25, 0.3) is 0 Å². The number of aromatic nitrogens is 3. The van der Waals surface area contributed by atoms with Gasteiger partial charge in [-0.15, -0.1) is 21.5 Å². The van der Waals surface area contributed by atoms with Gasteiger partial charge < -0.3 is 15.4 Å². The van der Waals surface area contributed by atoms with E-state index in [-0.39, 0.29) is 5.69 Å². The summed E-state index contributed by atoms with van der Waals surface area (Å²) in [6.07, 6.45) is 3.57. The molecule has 0 radical (unpaired) electrons. The molecule has 1 aromatic carbocycles. The highest BCUT2D eigenvalue weighted by Gasteiger charge is 2.19. The summed E-state index contributed by atoms with van der Waals surface area (Å²) in [5.74, 6) is -0.591. The summed E-state index contributed by atoms with van der Waals surface area (Å²) in [4.78, 5) is 15.4. The van der Waals surface area contributed by atoms with Gasteiger partial charge in [-0.05, 0) is 29.8 Å². The predicted octanol–water partition coefficient (Wildman–Crippen LogP) is 4.78. The zero-order chi connectivity index (χ0) is 17.4. The molecular weight excluding hydrogens is 360 g/mol. The monoisotopic (exact) mass is 370 g/mol. The molecule has 0 spiro atoms. The van der Waals surface area contributed by atoms with Crippen LogP contribution in [0.2, 0.25) is 5.02 Å². The first-order valence-electron chi connectivity index (χ1n) is 7.31. The zero-order valence-corrected chi connectivity index (χ0v) is 14.2. The maximum Gasteiger partial charge on any atom is 0.357 e. The first kappa shape index (κ1) is 15.6. The Kier molecular flexibility index (Phi) is 3.87. The third kappa shape index (κ3) is 2.95. The van der Waals surface area contributed by atoms with Gasteiger partial charge >= 0.3 is 5.97 Å². The minimum absolute atomic E-state index is 0.0557. The summed E-state index contributed by atoms with van der Waals surface area (Å²) in [6.45, 7) is 0. The van der Waals surface area contributed by atoms with Crippen LogP contribution in [0.15, 0.2) is 48.8 Å². The first-order valence-corrected chi connectivity index (χ1v) is 8.50. The second-order valence-corrected chi connectivity index (χ2v) is 6.78. The number of thiophene rings is 1. The predicted molar refractivity (Wildman–Crippen MR) is 98.9 cm³/mol. The Morgan fingerprint density at radius 3 is 2.68 bits per heavy atom. The fourth-order valence-corrected chi connectivity index (χ4v) is 3.74. The van der Waals surface area contributed by atoms with E-state index in [0.29, 0.717) is 20.9 Å². The SMILES string of the molecule is O=C(O)c1nnc(Nc2cc[nH]c2)c2cc(-c3ccc(Cl)cc3)sc12. The molecule has 0 unspecified atom stereocenters. The number of hydrogen-bond donors (Lipinski definition) is 3. The van der Waals surface area contributed by atoms with Gasteiger partial charge in [0.2, 0.25) is 0 Å². The summed E-state index contributed by atoms with van der Waals surface area (Å²) in [5.41, 5.74) is 1.72. The lowest BCUT2D eigenvalue weighted by Gasteiger charge is -2.04. The Morgan fingerprint density at radius 1 is 1.20 bits per heavy atom. The maximum atomic E-state index is 11.5. The number of aromatic amines is 1. The van der Waals surface area contributed by atoms with Crippen LogP contribution in [0, 0.1) is 0 Å². The van der Waals surface area contributed by atoms with Crippen LogP contribution in [0.1, 0.15) is 10.5 Å². The number of benzene rings is 1. The van der Waals surface area contributed by atoms with Crippen LogP contribution in [0.3, 0.4) is 0 Å². The fourth-order valence-electron chi connectivity index (χ4n) is 2.47. The normalized spacial score (nSPS) is 10.9. The highest BCUT2D eigenvalue weighted by atomic mass is 35.5. The Labute approximate surface area is 151 Å². The number of aromatic carboxylic acids is 1. The third-order valence-electron chi connectivity index (χ3n) is 3.64. The maximum absolute atomic E-state index is 11.5. The van der Waals surface area contributed by atoms with Crippen molar-refractivity contribution in [2.75, 3.05) is 5.32 Å². The van der Waals surface area contributed by atoms with E-state index in [9.17, 15) is 9.90 Å². The lowest BCUT2D eigenvalue weighted by Crippen LogP contribution is -2.04. The lowest BCUT2D eigenvalue weighted by atomic mass is 10.1. The van der Waals surface area contributed by atoms with Crippen molar-refractivity contribution in [1.29, 1.82) is 0 Å². The summed E-state index contributed by atoms with van der Waals surface area (Å²) in [5, 5.41) is 21.9. The van der Waals surface area contributed by atoms with Crippen molar-refractivity contribution >= 4 is 50.5 Å². The van der Waals surface area contributed by atoms with Crippen LogP contribution >= 0.6 is 22.9 Å². The number of nitrogens with one attached hydrogen (secondary N) is 2. The Balaban J connectivity index is 1.88. The number of rotatable bonds is 4. The minimum Gasteiger partial charge on any atom is -0.476 e. The molecule has 3 N–H and O–H groups in total. The van der Waals surface area contributed by atoms with Crippen LogP contribution < -0.4 is 5.32 Å². The van der Waals surface area contributed by atoms with E-state index in [0.717, 1.165) is 16.1 Å². The third-order valence-corrected chi connectivity index (χ3v) is 5.09. The smallest absolute Gasteiger partial charge is 0.357 e. The van der Waals surface area contributed by atoms with Gasteiger partial charge in [0.05, 0.1) is 10.4 Å². The molecular formula is C17H11ClN4O2S. The van der Waals surface area contributed by atoms with Crippen LogP contribution in [0.4, 0.5) is 11.5 Å². The van der Waals surface area contributed by atoms with Crippen molar-refractivity contribution < 1.29 is 9.90 Å². The molecule has 3 heterocycles. The highest BCUT2D eigenvalue weighted by Crippen LogP contribution is 2.38. The second kappa shape index (κ2) is 6.19. The highest BCUT2D eigenvalue weighted by molar-refractivity contribution is 7.22. The number of anilines is 2. The number of carboxylic acid groups (broad SMARTS) is 1. The average molecular weight is 371 g/mol. The number of carbonyl (C=O) groups is 1. The quantitative estimate of drug-likeness (QED) is 0.480. The van der Waals surface area contributed by atoms with Gasteiger partial charge in [0.1, 0.15) is 0 Å². The molecule has 4 rings (SSSR count). The Morgan fingerprint density at radius 2 is 2.00 bits per heavy atom. The van der Waals surface area contributed by atoms with Crippen LogP contribution in [0.5, 0.6) is 0 Å². The van der Waals surface area contributed by atoms with Crippen molar-refractivity contribution in [3.63, 3.8) is 0 Å². The molecule has 0 atom stereocenters. The Hall–Kier alpha value is -2.90. The lowest BCUT2D eigenvalue weighted by molar-refractivity contribution is 0.0692.